The van der Waals surface area contributed by atoms with Gasteiger partial charge in [-0.25, -0.2) is 0 Å². The van der Waals surface area contributed by atoms with Gasteiger partial charge in [0.05, 0.1) is 0 Å². The third-order valence-corrected chi connectivity index (χ3v) is 2.95. The van der Waals surface area contributed by atoms with E-state index in [1.165, 1.54) is 32.4 Å². The molecule has 1 rings (SSSR count). The van der Waals surface area contributed by atoms with Crippen molar-refractivity contribution in [2.24, 2.45) is 11.8 Å². The number of carbonyl (C=O) groups is 1. The Labute approximate surface area is 93.3 Å². The molecule has 0 bridgehead atoms. The average molecular weight is 209 g/mol. The first kappa shape index (κ1) is 12.4. The molecule has 1 fully saturated rings. The monoisotopic (exact) mass is 209 g/mol. The van der Waals surface area contributed by atoms with Crippen LogP contribution in [-0.2, 0) is 4.79 Å². The summed E-state index contributed by atoms with van der Waals surface area (Å²) < 4.78 is 0. The van der Waals surface area contributed by atoms with Gasteiger partial charge in [-0.3, -0.25) is 0 Å². The molecule has 2 unspecified atom stereocenters. The Kier molecular flexibility index (Phi) is 5.62. The second-order valence-electron chi connectivity index (χ2n) is 4.72. The van der Waals surface area contributed by atoms with Crippen molar-refractivity contribution in [1.29, 1.82) is 0 Å². The molecule has 0 spiro atoms. The molecule has 2 nitrogen and oxygen atoms in total. The van der Waals surface area contributed by atoms with Gasteiger partial charge in [0.1, 0.15) is 6.29 Å². The maximum Gasteiger partial charge on any atom is 0.126 e. The molecule has 0 radical (unpaired) electrons. The Morgan fingerprint density at radius 2 is 1.80 bits per heavy atom. The second kappa shape index (κ2) is 6.78. The van der Waals surface area contributed by atoms with Crippen molar-refractivity contribution in [3.05, 3.63) is 12.2 Å². The number of hydrogen-bond donors (Lipinski definition) is 0. The van der Waals surface area contributed by atoms with Gasteiger partial charge in [-0.15, -0.1) is 0 Å². The Hall–Kier alpha value is -0.630. The zero-order chi connectivity index (χ0) is 11.1. The van der Waals surface area contributed by atoms with Crippen LogP contribution >= 0.6 is 0 Å². The maximum absolute atomic E-state index is 10.4. The lowest BCUT2D eigenvalue weighted by molar-refractivity contribution is -0.109. The van der Waals surface area contributed by atoms with Crippen molar-refractivity contribution >= 4 is 6.29 Å². The van der Waals surface area contributed by atoms with Crippen molar-refractivity contribution in [2.45, 2.75) is 33.1 Å². The van der Waals surface area contributed by atoms with Crippen LogP contribution in [0.5, 0.6) is 0 Å². The number of aldehydes is 1. The zero-order valence-corrected chi connectivity index (χ0v) is 9.98. The molecule has 0 amide bonds. The second-order valence-corrected chi connectivity index (χ2v) is 4.72. The fourth-order valence-corrected chi connectivity index (χ4v) is 2.02. The number of allylic oxidation sites excluding steroid dienone is 1. The highest BCUT2D eigenvalue weighted by molar-refractivity contribution is 5.55. The molecule has 0 aromatic rings. The van der Waals surface area contributed by atoms with Gasteiger partial charge in [-0.1, -0.05) is 32.4 Å². The highest BCUT2D eigenvalue weighted by Gasteiger charge is 2.11. The van der Waals surface area contributed by atoms with E-state index in [2.05, 4.69) is 17.9 Å². The molecular formula is C13H23NO. The summed E-state index contributed by atoms with van der Waals surface area (Å²) in [5, 5.41) is 0. The van der Waals surface area contributed by atoms with E-state index in [0.29, 0.717) is 5.92 Å². The summed E-state index contributed by atoms with van der Waals surface area (Å²) in [6.45, 7) is 7.80. The van der Waals surface area contributed by atoms with Crippen molar-refractivity contribution in [3.63, 3.8) is 0 Å². The van der Waals surface area contributed by atoms with Gasteiger partial charge >= 0.3 is 0 Å². The lowest BCUT2D eigenvalue weighted by Gasteiger charge is -2.28. The molecule has 0 aromatic carbocycles. The molecule has 15 heavy (non-hydrogen) atoms. The van der Waals surface area contributed by atoms with Crippen LogP contribution in [0.3, 0.4) is 0 Å². The van der Waals surface area contributed by atoms with E-state index in [1.807, 2.05) is 13.0 Å². The smallest absolute Gasteiger partial charge is 0.126 e. The molecule has 0 N–H and O–H groups in total. The van der Waals surface area contributed by atoms with Crippen LogP contribution in [0.4, 0.5) is 0 Å². The highest BCUT2D eigenvalue weighted by atomic mass is 16.1. The molecule has 1 aliphatic heterocycles. The first-order valence-electron chi connectivity index (χ1n) is 6.08. The maximum atomic E-state index is 10.4. The largest absolute Gasteiger partial charge is 0.303 e. The lowest BCUT2D eigenvalue weighted by Crippen LogP contribution is -2.33. The SMILES string of the molecule is CC(C=O)/C=C/C(C)CN1CCCCC1. The third kappa shape index (κ3) is 5.12. The Morgan fingerprint density at radius 1 is 1.13 bits per heavy atom. The molecule has 1 saturated heterocycles. The Bertz CT molecular complexity index is 207. The molecule has 86 valence electrons. The van der Waals surface area contributed by atoms with E-state index >= 15 is 0 Å². The molecule has 1 aliphatic rings. The van der Waals surface area contributed by atoms with Gasteiger partial charge in [0.15, 0.2) is 0 Å². The molecule has 0 aliphatic carbocycles. The third-order valence-electron chi connectivity index (χ3n) is 2.95. The standard InChI is InChI=1S/C13H23NO/c1-12(6-7-13(2)11-15)10-14-8-4-3-5-9-14/h6-7,11-13H,3-5,8-10H2,1-2H3/b7-6+. The number of hydrogen-bond acceptors (Lipinski definition) is 2. The average Bonchev–Trinajstić information content (AvgIpc) is 2.27. The van der Waals surface area contributed by atoms with Gasteiger partial charge in [0.25, 0.3) is 0 Å². The number of piperidine rings is 1. The van der Waals surface area contributed by atoms with E-state index in [9.17, 15) is 4.79 Å². The summed E-state index contributed by atoms with van der Waals surface area (Å²) >= 11 is 0. The Morgan fingerprint density at radius 3 is 2.40 bits per heavy atom. The minimum atomic E-state index is 0.0637. The summed E-state index contributed by atoms with van der Waals surface area (Å²) in [7, 11) is 0. The Balaban J connectivity index is 2.24. The van der Waals surface area contributed by atoms with Crippen LogP contribution < -0.4 is 0 Å². The fraction of sp³-hybridized carbons (Fsp3) is 0.769. The molecule has 0 aromatic heterocycles. The first-order chi connectivity index (χ1) is 7.22. The van der Waals surface area contributed by atoms with Crippen LogP contribution in [0.2, 0.25) is 0 Å². The molecular weight excluding hydrogens is 186 g/mol. The summed E-state index contributed by atoms with van der Waals surface area (Å²) in [5.74, 6) is 0.624. The number of nitrogens with zero attached hydrogens (tertiary/aromatic N) is 1. The number of carbonyl (C=O) groups excluding carboxylic acids is 1. The molecule has 2 atom stereocenters. The van der Waals surface area contributed by atoms with Gasteiger partial charge in [-0.2, -0.15) is 0 Å². The van der Waals surface area contributed by atoms with E-state index in [1.54, 1.807) is 0 Å². The zero-order valence-electron chi connectivity index (χ0n) is 9.98. The quantitative estimate of drug-likeness (QED) is 0.512. The van der Waals surface area contributed by atoms with Crippen molar-refractivity contribution in [2.75, 3.05) is 19.6 Å². The number of likely N-dealkylation sites (tertiary alicyclic amines) is 1. The first-order valence-corrected chi connectivity index (χ1v) is 6.08. The van der Waals surface area contributed by atoms with Crippen LogP contribution in [0.1, 0.15) is 33.1 Å². The summed E-state index contributed by atoms with van der Waals surface area (Å²) in [6, 6.07) is 0. The van der Waals surface area contributed by atoms with E-state index in [4.69, 9.17) is 0 Å². The van der Waals surface area contributed by atoms with Gasteiger partial charge in [0.2, 0.25) is 0 Å². The van der Waals surface area contributed by atoms with Gasteiger partial charge < -0.3 is 9.69 Å². The summed E-state index contributed by atoms with van der Waals surface area (Å²) in [5.41, 5.74) is 0. The minimum Gasteiger partial charge on any atom is -0.303 e. The number of rotatable bonds is 5. The van der Waals surface area contributed by atoms with Crippen molar-refractivity contribution in [3.8, 4) is 0 Å². The van der Waals surface area contributed by atoms with Gasteiger partial charge in [-0.05, 0) is 31.8 Å². The highest BCUT2D eigenvalue weighted by Crippen LogP contribution is 2.11. The normalized spacial score (nSPS) is 22.8. The van der Waals surface area contributed by atoms with Crippen LogP contribution in [0.15, 0.2) is 12.2 Å². The van der Waals surface area contributed by atoms with Crippen molar-refractivity contribution < 1.29 is 4.79 Å². The van der Waals surface area contributed by atoms with E-state index in [-0.39, 0.29) is 5.92 Å². The predicted octanol–water partition coefficient (Wildman–Crippen LogP) is 2.50. The summed E-state index contributed by atoms with van der Waals surface area (Å²) in [4.78, 5) is 13.0. The van der Waals surface area contributed by atoms with E-state index < -0.39 is 0 Å². The van der Waals surface area contributed by atoms with Crippen LogP contribution in [0, 0.1) is 11.8 Å². The fourth-order valence-electron chi connectivity index (χ4n) is 2.02. The minimum absolute atomic E-state index is 0.0637. The van der Waals surface area contributed by atoms with Crippen molar-refractivity contribution in [1.82, 2.24) is 4.90 Å². The van der Waals surface area contributed by atoms with Crippen LogP contribution in [0.25, 0.3) is 0 Å². The van der Waals surface area contributed by atoms with Gasteiger partial charge in [0, 0.05) is 12.5 Å². The predicted molar refractivity (Wildman–Crippen MR) is 63.8 cm³/mol. The molecule has 1 heterocycles. The topological polar surface area (TPSA) is 20.3 Å². The lowest BCUT2D eigenvalue weighted by atomic mass is 10.1. The summed E-state index contributed by atoms with van der Waals surface area (Å²) in [6.07, 6.45) is 9.27. The molecule has 0 saturated carbocycles. The van der Waals surface area contributed by atoms with Crippen LogP contribution in [-0.4, -0.2) is 30.8 Å². The molecule has 2 heteroatoms. The van der Waals surface area contributed by atoms with E-state index in [0.717, 1.165) is 12.8 Å².